The third-order valence-corrected chi connectivity index (χ3v) is 5.19. The van der Waals surface area contributed by atoms with E-state index in [1.54, 1.807) is 30.3 Å². The second-order valence-electron chi connectivity index (χ2n) is 4.12. The Hall–Kier alpha value is -1.99. The molecule has 0 bridgehead atoms. The van der Waals surface area contributed by atoms with Crippen LogP contribution in [0.4, 0.5) is 0 Å². The van der Waals surface area contributed by atoms with Crippen molar-refractivity contribution in [1.82, 2.24) is 14.8 Å². The maximum Gasteiger partial charge on any atom is 0.198 e. The molecule has 0 atom stereocenters. The maximum atomic E-state index is 12.3. The van der Waals surface area contributed by atoms with Gasteiger partial charge in [0.15, 0.2) is 15.7 Å². The van der Waals surface area contributed by atoms with E-state index in [9.17, 15) is 8.42 Å². The second kappa shape index (κ2) is 5.18. The Morgan fingerprint density at radius 2 is 1.90 bits per heavy atom. The summed E-state index contributed by atoms with van der Waals surface area (Å²) in [6, 6.07) is 12.1. The minimum atomic E-state index is -3.43. The molecule has 20 heavy (non-hydrogen) atoms. The van der Waals surface area contributed by atoms with Gasteiger partial charge in [-0.1, -0.05) is 24.3 Å². The van der Waals surface area contributed by atoms with Crippen molar-refractivity contribution in [3.63, 3.8) is 0 Å². The van der Waals surface area contributed by atoms with Crippen molar-refractivity contribution in [2.75, 3.05) is 0 Å². The molecule has 7 heteroatoms. The van der Waals surface area contributed by atoms with Crippen LogP contribution in [0.25, 0.3) is 10.7 Å². The summed E-state index contributed by atoms with van der Waals surface area (Å²) in [5.41, 5.74) is 0. The Bertz CT molecular complexity index is 793. The fourth-order valence-electron chi connectivity index (χ4n) is 1.82. The molecule has 0 fully saturated rings. The number of aromatic nitrogens is 3. The van der Waals surface area contributed by atoms with Gasteiger partial charge in [-0.3, -0.25) is 0 Å². The number of nitrogens with zero attached hydrogens (tertiary/aromatic N) is 3. The fraction of sp³-hybridized carbons (Fsp3) is 0.0769. The molecular weight excluding hydrogens is 294 g/mol. The van der Waals surface area contributed by atoms with Gasteiger partial charge in [-0.15, -0.1) is 11.3 Å². The summed E-state index contributed by atoms with van der Waals surface area (Å²) < 4.78 is 26.1. The summed E-state index contributed by atoms with van der Waals surface area (Å²) in [4.78, 5) is 5.31. The van der Waals surface area contributed by atoms with E-state index in [1.165, 1.54) is 22.3 Å². The monoisotopic (exact) mass is 305 g/mol. The third kappa shape index (κ3) is 2.50. The normalized spacial score (nSPS) is 11.6. The summed E-state index contributed by atoms with van der Waals surface area (Å²) in [7, 11) is -3.43. The fourth-order valence-corrected chi connectivity index (χ4v) is 3.77. The lowest BCUT2D eigenvalue weighted by molar-refractivity contribution is 0.576. The zero-order valence-electron chi connectivity index (χ0n) is 10.4. The lowest BCUT2D eigenvalue weighted by atomic mass is 10.4. The lowest BCUT2D eigenvalue weighted by Crippen LogP contribution is -2.13. The zero-order chi connectivity index (χ0) is 14.0. The van der Waals surface area contributed by atoms with E-state index in [0.717, 1.165) is 4.88 Å². The van der Waals surface area contributed by atoms with Crippen molar-refractivity contribution in [3.8, 4) is 10.7 Å². The SMILES string of the molecule is O=S(=O)(Cn1ncnc1-c1cccs1)c1ccccc1. The van der Waals surface area contributed by atoms with Crippen LogP contribution in [0.5, 0.6) is 0 Å². The Labute approximate surface area is 120 Å². The van der Waals surface area contributed by atoms with Gasteiger partial charge < -0.3 is 0 Å². The van der Waals surface area contributed by atoms with Crippen molar-refractivity contribution in [3.05, 3.63) is 54.2 Å². The van der Waals surface area contributed by atoms with Crippen LogP contribution in [0.2, 0.25) is 0 Å². The van der Waals surface area contributed by atoms with E-state index < -0.39 is 9.84 Å². The molecule has 2 aromatic heterocycles. The number of hydrogen-bond donors (Lipinski definition) is 0. The summed E-state index contributed by atoms with van der Waals surface area (Å²) in [5, 5.41) is 5.93. The highest BCUT2D eigenvalue weighted by atomic mass is 32.2. The van der Waals surface area contributed by atoms with Crippen molar-refractivity contribution >= 4 is 21.2 Å². The van der Waals surface area contributed by atoms with E-state index >= 15 is 0 Å². The summed E-state index contributed by atoms with van der Waals surface area (Å²) in [5.74, 6) is 0.351. The Morgan fingerprint density at radius 3 is 2.60 bits per heavy atom. The Kier molecular flexibility index (Phi) is 3.37. The second-order valence-corrected chi connectivity index (χ2v) is 7.02. The van der Waals surface area contributed by atoms with Crippen molar-refractivity contribution < 1.29 is 8.42 Å². The predicted octanol–water partition coefficient (Wildman–Crippen LogP) is 2.44. The van der Waals surface area contributed by atoms with E-state index in [4.69, 9.17) is 0 Å². The molecule has 102 valence electrons. The van der Waals surface area contributed by atoms with Crippen molar-refractivity contribution in [2.24, 2.45) is 0 Å². The Morgan fingerprint density at radius 1 is 1.10 bits per heavy atom. The first-order valence-corrected chi connectivity index (χ1v) is 8.39. The topological polar surface area (TPSA) is 64.8 Å². The van der Waals surface area contributed by atoms with E-state index in [0.29, 0.717) is 5.82 Å². The average Bonchev–Trinajstić information content (AvgIpc) is 3.10. The van der Waals surface area contributed by atoms with E-state index in [1.807, 2.05) is 17.5 Å². The average molecular weight is 305 g/mol. The highest BCUT2D eigenvalue weighted by molar-refractivity contribution is 7.90. The minimum absolute atomic E-state index is 0.218. The van der Waals surface area contributed by atoms with Gasteiger partial charge in [0.2, 0.25) is 0 Å². The zero-order valence-corrected chi connectivity index (χ0v) is 12.0. The highest BCUT2D eigenvalue weighted by Gasteiger charge is 2.18. The molecule has 3 rings (SSSR count). The van der Waals surface area contributed by atoms with Crippen LogP contribution in [-0.4, -0.2) is 23.2 Å². The molecule has 0 aliphatic rings. The molecule has 0 N–H and O–H groups in total. The first-order valence-electron chi connectivity index (χ1n) is 5.86. The van der Waals surface area contributed by atoms with Crippen LogP contribution in [-0.2, 0) is 15.7 Å². The molecule has 0 amide bonds. The third-order valence-electron chi connectivity index (χ3n) is 2.75. The highest BCUT2D eigenvalue weighted by Crippen LogP contribution is 2.23. The van der Waals surface area contributed by atoms with Crippen LogP contribution in [0.3, 0.4) is 0 Å². The molecular formula is C13H11N3O2S2. The molecule has 0 radical (unpaired) electrons. The first-order chi connectivity index (χ1) is 9.67. The maximum absolute atomic E-state index is 12.3. The predicted molar refractivity (Wildman–Crippen MR) is 77.0 cm³/mol. The van der Waals surface area contributed by atoms with Gasteiger partial charge in [-0.25, -0.2) is 18.1 Å². The first kappa shape index (κ1) is 13.0. The number of benzene rings is 1. The summed E-state index contributed by atoms with van der Waals surface area (Å²) >= 11 is 1.50. The molecule has 0 saturated carbocycles. The van der Waals surface area contributed by atoms with Gasteiger partial charge >= 0.3 is 0 Å². The van der Waals surface area contributed by atoms with Gasteiger partial charge in [-0.2, -0.15) is 5.10 Å². The van der Waals surface area contributed by atoms with Crippen LogP contribution in [0, 0.1) is 0 Å². The largest absolute Gasteiger partial charge is 0.229 e. The summed E-state index contributed by atoms with van der Waals surface area (Å²) in [6.07, 6.45) is 1.37. The molecule has 0 aliphatic carbocycles. The minimum Gasteiger partial charge on any atom is -0.229 e. The number of rotatable bonds is 4. The van der Waals surface area contributed by atoms with Gasteiger partial charge in [0.05, 0.1) is 9.77 Å². The molecule has 3 aromatic rings. The van der Waals surface area contributed by atoms with Gasteiger partial charge in [0.25, 0.3) is 0 Å². The van der Waals surface area contributed by atoms with Crippen LogP contribution < -0.4 is 0 Å². The standard InChI is InChI=1S/C13H11N3O2S2/c17-20(18,11-5-2-1-3-6-11)10-16-13(14-9-15-16)12-7-4-8-19-12/h1-9H,10H2. The summed E-state index contributed by atoms with van der Waals surface area (Å²) in [6.45, 7) is 0. The van der Waals surface area contributed by atoms with Crippen LogP contribution >= 0.6 is 11.3 Å². The van der Waals surface area contributed by atoms with E-state index in [-0.39, 0.29) is 10.8 Å². The molecule has 1 aromatic carbocycles. The van der Waals surface area contributed by atoms with E-state index in [2.05, 4.69) is 10.1 Å². The molecule has 5 nitrogen and oxygen atoms in total. The van der Waals surface area contributed by atoms with Gasteiger partial charge in [-0.05, 0) is 23.6 Å². The van der Waals surface area contributed by atoms with Crippen LogP contribution in [0.15, 0.2) is 59.1 Å². The Balaban J connectivity index is 1.95. The molecule has 0 unspecified atom stereocenters. The van der Waals surface area contributed by atoms with Gasteiger partial charge in [0, 0.05) is 0 Å². The number of thiophene rings is 1. The van der Waals surface area contributed by atoms with Gasteiger partial charge in [0.1, 0.15) is 12.2 Å². The van der Waals surface area contributed by atoms with Crippen LogP contribution in [0.1, 0.15) is 0 Å². The molecule has 0 saturated heterocycles. The molecule has 0 aliphatic heterocycles. The molecule has 0 spiro atoms. The quantitative estimate of drug-likeness (QED) is 0.742. The van der Waals surface area contributed by atoms with Crippen molar-refractivity contribution in [1.29, 1.82) is 0 Å². The van der Waals surface area contributed by atoms with Crippen molar-refractivity contribution in [2.45, 2.75) is 10.8 Å². The number of sulfone groups is 1. The molecule has 2 heterocycles. The lowest BCUT2D eigenvalue weighted by Gasteiger charge is -2.06. The number of hydrogen-bond acceptors (Lipinski definition) is 5. The smallest absolute Gasteiger partial charge is 0.198 e.